The number of benzene rings is 1. The number of hydrogen-bond acceptors (Lipinski definition) is 1. The monoisotopic (exact) mass is 214 g/mol. The predicted molar refractivity (Wildman–Crippen MR) is 55.0 cm³/mol. The average molecular weight is 215 g/mol. The van der Waals surface area contributed by atoms with Crippen molar-refractivity contribution in [3.8, 4) is 0 Å². The van der Waals surface area contributed by atoms with E-state index in [4.69, 9.17) is 11.6 Å². The average Bonchev–Trinajstić information content (AvgIpc) is 2.11. The zero-order chi connectivity index (χ0) is 10.7. The molecule has 0 N–H and O–H groups in total. The zero-order valence-electron chi connectivity index (χ0n) is 8.18. The first-order valence-electron chi connectivity index (χ1n) is 4.47. The Hall–Kier alpha value is -0.890. The highest BCUT2D eigenvalue weighted by Gasteiger charge is 2.09. The molecule has 0 unspecified atom stereocenters. The minimum absolute atomic E-state index is 0.0197. The van der Waals surface area contributed by atoms with Crippen molar-refractivity contribution >= 4 is 17.4 Å². The molecule has 76 valence electrons. The fourth-order valence-electron chi connectivity index (χ4n) is 1.05. The van der Waals surface area contributed by atoms with Gasteiger partial charge in [0.1, 0.15) is 11.6 Å². The molecule has 1 aromatic rings. The topological polar surface area (TPSA) is 17.1 Å². The summed E-state index contributed by atoms with van der Waals surface area (Å²) in [5.41, 5.74) is 0.672. The molecule has 1 aromatic carbocycles. The zero-order valence-corrected chi connectivity index (χ0v) is 8.94. The Morgan fingerprint density at radius 1 is 1.50 bits per heavy atom. The number of carbonyl (C=O) groups excluding carboxylic acids is 1. The normalized spacial score (nSPS) is 10.6. The Morgan fingerprint density at radius 3 is 2.64 bits per heavy atom. The van der Waals surface area contributed by atoms with Crippen LogP contribution in [0.2, 0.25) is 5.02 Å². The van der Waals surface area contributed by atoms with E-state index in [2.05, 4.69) is 0 Å². The summed E-state index contributed by atoms with van der Waals surface area (Å²) in [7, 11) is 0. The fourth-order valence-corrected chi connectivity index (χ4v) is 1.17. The van der Waals surface area contributed by atoms with Gasteiger partial charge in [-0.05, 0) is 17.7 Å². The van der Waals surface area contributed by atoms with Gasteiger partial charge in [0.15, 0.2) is 0 Å². The predicted octanol–water partition coefficient (Wildman–Crippen LogP) is 3.25. The highest BCUT2D eigenvalue weighted by molar-refractivity contribution is 6.30. The molecule has 0 aliphatic carbocycles. The third-order valence-corrected chi connectivity index (χ3v) is 2.31. The SMILES string of the molecule is CC(C)C(=O)Cc1ccc(Cl)c(F)c1. The molecule has 0 radical (unpaired) electrons. The van der Waals surface area contributed by atoms with E-state index in [1.165, 1.54) is 12.1 Å². The summed E-state index contributed by atoms with van der Waals surface area (Å²) in [6.07, 6.45) is 0.270. The maximum absolute atomic E-state index is 13.0. The number of Topliss-reactive ketones (excluding diaryl/α,β-unsaturated/α-hetero) is 1. The summed E-state index contributed by atoms with van der Waals surface area (Å²) in [4.78, 5) is 11.4. The molecule has 0 fully saturated rings. The molecule has 0 spiro atoms. The Labute approximate surface area is 87.9 Å². The summed E-state index contributed by atoms with van der Waals surface area (Å²) in [6.45, 7) is 3.66. The molecule has 0 saturated heterocycles. The molecule has 0 aliphatic rings. The van der Waals surface area contributed by atoms with Crippen LogP contribution in [0, 0.1) is 11.7 Å². The van der Waals surface area contributed by atoms with Crippen LogP contribution in [0.1, 0.15) is 19.4 Å². The van der Waals surface area contributed by atoms with Crippen molar-refractivity contribution < 1.29 is 9.18 Å². The fraction of sp³-hybridized carbons (Fsp3) is 0.364. The molecule has 14 heavy (non-hydrogen) atoms. The highest BCUT2D eigenvalue weighted by atomic mass is 35.5. The van der Waals surface area contributed by atoms with Gasteiger partial charge in [-0.1, -0.05) is 31.5 Å². The largest absolute Gasteiger partial charge is 0.299 e. The third-order valence-electron chi connectivity index (χ3n) is 2.01. The minimum Gasteiger partial charge on any atom is -0.299 e. The second kappa shape index (κ2) is 4.56. The summed E-state index contributed by atoms with van der Waals surface area (Å²) in [5.74, 6) is -0.388. The van der Waals surface area contributed by atoms with Crippen molar-refractivity contribution in [2.45, 2.75) is 20.3 Å². The lowest BCUT2D eigenvalue weighted by atomic mass is 10.0. The van der Waals surface area contributed by atoms with Gasteiger partial charge < -0.3 is 0 Å². The minimum atomic E-state index is -0.472. The first-order chi connectivity index (χ1) is 6.50. The Morgan fingerprint density at radius 2 is 2.14 bits per heavy atom. The van der Waals surface area contributed by atoms with Crippen LogP contribution in [-0.2, 0) is 11.2 Å². The van der Waals surface area contributed by atoms with Gasteiger partial charge in [-0.25, -0.2) is 4.39 Å². The first kappa shape index (κ1) is 11.2. The second-order valence-electron chi connectivity index (χ2n) is 3.55. The van der Waals surface area contributed by atoms with Crippen LogP contribution in [0.25, 0.3) is 0 Å². The lowest BCUT2D eigenvalue weighted by molar-refractivity contribution is -0.121. The van der Waals surface area contributed by atoms with Gasteiger partial charge in [0.05, 0.1) is 5.02 Å². The third kappa shape index (κ3) is 2.81. The molecular weight excluding hydrogens is 203 g/mol. The van der Waals surface area contributed by atoms with Gasteiger partial charge in [0.2, 0.25) is 0 Å². The van der Waals surface area contributed by atoms with E-state index < -0.39 is 5.82 Å². The Kier molecular flexibility index (Phi) is 3.64. The van der Waals surface area contributed by atoms with Gasteiger partial charge in [0, 0.05) is 12.3 Å². The van der Waals surface area contributed by atoms with E-state index in [0.29, 0.717) is 5.56 Å². The van der Waals surface area contributed by atoms with E-state index in [-0.39, 0.29) is 23.1 Å². The van der Waals surface area contributed by atoms with E-state index in [0.717, 1.165) is 0 Å². The van der Waals surface area contributed by atoms with Crippen molar-refractivity contribution in [3.63, 3.8) is 0 Å². The molecule has 0 aromatic heterocycles. The van der Waals surface area contributed by atoms with Gasteiger partial charge >= 0.3 is 0 Å². The molecule has 0 bridgehead atoms. The molecule has 1 rings (SSSR count). The maximum atomic E-state index is 13.0. The van der Waals surface area contributed by atoms with Crippen molar-refractivity contribution in [1.82, 2.24) is 0 Å². The highest BCUT2D eigenvalue weighted by Crippen LogP contribution is 2.16. The molecule has 0 amide bonds. The van der Waals surface area contributed by atoms with Gasteiger partial charge in [0.25, 0.3) is 0 Å². The number of carbonyl (C=O) groups is 1. The number of hydrogen-bond donors (Lipinski definition) is 0. The van der Waals surface area contributed by atoms with Crippen molar-refractivity contribution in [2.24, 2.45) is 5.92 Å². The summed E-state index contributed by atoms with van der Waals surface area (Å²) in [5, 5.41) is 0.0887. The molecule has 1 nitrogen and oxygen atoms in total. The Bertz CT molecular complexity index is 347. The van der Waals surface area contributed by atoms with E-state index in [1.807, 2.05) is 13.8 Å². The van der Waals surface area contributed by atoms with Crippen LogP contribution in [0.5, 0.6) is 0 Å². The summed E-state index contributed by atoms with van der Waals surface area (Å²) in [6, 6.07) is 4.45. The van der Waals surface area contributed by atoms with Gasteiger partial charge in [-0.3, -0.25) is 4.79 Å². The van der Waals surface area contributed by atoms with Crippen molar-refractivity contribution in [3.05, 3.63) is 34.6 Å². The molecular formula is C11H12ClFO. The van der Waals surface area contributed by atoms with Gasteiger partial charge in [-0.15, -0.1) is 0 Å². The number of rotatable bonds is 3. The van der Waals surface area contributed by atoms with Crippen LogP contribution in [0.4, 0.5) is 4.39 Å². The smallest absolute Gasteiger partial charge is 0.142 e. The summed E-state index contributed by atoms with van der Waals surface area (Å²) < 4.78 is 13.0. The van der Waals surface area contributed by atoms with E-state index >= 15 is 0 Å². The molecule has 0 heterocycles. The van der Waals surface area contributed by atoms with Crippen molar-refractivity contribution in [1.29, 1.82) is 0 Å². The summed E-state index contributed by atoms with van der Waals surface area (Å²) >= 11 is 5.52. The Balaban J connectivity index is 2.78. The first-order valence-corrected chi connectivity index (χ1v) is 4.85. The maximum Gasteiger partial charge on any atom is 0.142 e. The number of halogens is 2. The van der Waals surface area contributed by atoms with Crippen LogP contribution in [0.3, 0.4) is 0 Å². The van der Waals surface area contributed by atoms with Crippen LogP contribution < -0.4 is 0 Å². The van der Waals surface area contributed by atoms with Crippen molar-refractivity contribution in [2.75, 3.05) is 0 Å². The molecule has 0 saturated carbocycles. The molecule has 3 heteroatoms. The quantitative estimate of drug-likeness (QED) is 0.755. The van der Waals surface area contributed by atoms with Crippen LogP contribution >= 0.6 is 11.6 Å². The number of ketones is 1. The van der Waals surface area contributed by atoms with Gasteiger partial charge in [-0.2, -0.15) is 0 Å². The van der Waals surface area contributed by atoms with E-state index in [1.54, 1.807) is 6.07 Å². The molecule has 0 aliphatic heterocycles. The standard InChI is InChI=1S/C11H12ClFO/c1-7(2)11(14)6-8-3-4-9(12)10(13)5-8/h3-5,7H,6H2,1-2H3. The second-order valence-corrected chi connectivity index (χ2v) is 3.95. The van der Waals surface area contributed by atoms with Crippen LogP contribution in [0.15, 0.2) is 18.2 Å². The lowest BCUT2D eigenvalue weighted by Gasteiger charge is -2.04. The lowest BCUT2D eigenvalue weighted by Crippen LogP contribution is -2.10. The van der Waals surface area contributed by atoms with Crippen LogP contribution in [-0.4, -0.2) is 5.78 Å². The molecule has 0 atom stereocenters. The van der Waals surface area contributed by atoms with E-state index in [9.17, 15) is 9.18 Å².